The zero-order chi connectivity index (χ0) is 12.3. The van der Waals surface area contributed by atoms with Crippen LogP contribution in [-0.2, 0) is 13.1 Å². The molecule has 2 rings (SSSR count). The molecule has 1 aromatic heterocycles. The number of nitrogens with zero attached hydrogens (tertiary/aromatic N) is 2. The molecule has 6 nitrogen and oxygen atoms in total. The third-order valence-corrected chi connectivity index (χ3v) is 2.24. The highest BCUT2D eigenvalue weighted by Gasteiger charge is 2.04. The summed E-state index contributed by atoms with van der Waals surface area (Å²) in [7, 11) is 0. The smallest absolute Gasteiger partial charge is 0.223 e. The number of hydrogen-bond acceptors (Lipinski definition) is 6. The van der Waals surface area contributed by atoms with Gasteiger partial charge in [0.2, 0.25) is 5.89 Å². The number of nitrogens with one attached hydrogen (secondary N) is 1. The third-order valence-electron chi connectivity index (χ3n) is 2.24. The van der Waals surface area contributed by atoms with Gasteiger partial charge in [0.1, 0.15) is 11.5 Å². The van der Waals surface area contributed by atoms with Crippen LogP contribution in [0.25, 0.3) is 0 Å². The minimum absolute atomic E-state index is 0.0417. The van der Waals surface area contributed by atoms with Crippen LogP contribution in [0.4, 0.5) is 0 Å². The summed E-state index contributed by atoms with van der Waals surface area (Å²) in [5.74, 6) is 1.19. The van der Waals surface area contributed by atoms with Crippen molar-refractivity contribution in [3.8, 4) is 11.5 Å². The van der Waals surface area contributed by atoms with Gasteiger partial charge in [-0.15, -0.1) is 0 Å². The summed E-state index contributed by atoms with van der Waals surface area (Å²) in [6.45, 7) is 2.64. The normalized spacial score (nSPS) is 10.6. The summed E-state index contributed by atoms with van der Waals surface area (Å²) in [5, 5.41) is 25.5. The van der Waals surface area contributed by atoms with Gasteiger partial charge < -0.3 is 20.1 Å². The summed E-state index contributed by atoms with van der Waals surface area (Å²) in [5.41, 5.74) is 0.697. The number of phenolic OH excluding ortho intramolecular Hbond substituents is 2. The highest BCUT2D eigenvalue weighted by atomic mass is 16.5. The molecule has 0 fully saturated rings. The van der Waals surface area contributed by atoms with E-state index in [0.29, 0.717) is 30.4 Å². The standard InChI is InChI=1S/C11H13N3O3/c1-7-13-11(14-17-7)6-12-5-8-2-3-9(15)4-10(8)16/h2-4,12,15-16H,5-6H2,1H3. The molecule has 0 amide bonds. The minimum atomic E-state index is 0.0417. The maximum Gasteiger partial charge on any atom is 0.223 e. The number of aromatic nitrogens is 2. The van der Waals surface area contributed by atoms with Crippen molar-refractivity contribution in [3.05, 3.63) is 35.5 Å². The van der Waals surface area contributed by atoms with Crippen LogP contribution < -0.4 is 5.32 Å². The highest BCUT2D eigenvalue weighted by Crippen LogP contribution is 2.22. The summed E-state index contributed by atoms with van der Waals surface area (Å²) < 4.78 is 4.82. The van der Waals surface area contributed by atoms with Crippen molar-refractivity contribution >= 4 is 0 Å². The first kappa shape index (κ1) is 11.4. The van der Waals surface area contributed by atoms with E-state index in [2.05, 4.69) is 15.5 Å². The second kappa shape index (κ2) is 4.84. The van der Waals surface area contributed by atoms with Gasteiger partial charge in [-0.25, -0.2) is 0 Å². The van der Waals surface area contributed by atoms with Crippen LogP contribution in [-0.4, -0.2) is 20.4 Å². The Hall–Kier alpha value is -2.08. The predicted octanol–water partition coefficient (Wildman–Crippen LogP) is 1.08. The maximum absolute atomic E-state index is 9.54. The molecule has 0 spiro atoms. The topological polar surface area (TPSA) is 91.4 Å². The first-order valence-corrected chi connectivity index (χ1v) is 5.16. The lowest BCUT2D eigenvalue weighted by atomic mass is 10.2. The Morgan fingerprint density at radius 3 is 2.76 bits per heavy atom. The average molecular weight is 235 g/mol. The quantitative estimate of drug-likeness (QED) is 0.734. The fourth-order valence-corrected chi connectivity index (χ4v) is 1.42. The predicted molar refractivity (Wildman–Crippen MR) is 59.4 cm³/mol. The van der Waals surface area contributed by atoms with E-state index in [4.69, 9.17) is 9.63 Å². The van der Waals surface area contributed by atoms with Crippen LogP contribution in [0.2, 0.25) is 0 Å². The van der Waals surface area contributed by atoms with Crippen LogP contribution in [0, 0.1) is 6.92 Å². The van der Waals surface area contributed by atoms with Crippen LogP contribution >= 0.6 is 0 Å². The number of phenols is 2. The Kier molecular flexibility index (Phi) is 3.24. The van der Waals surface area contributed by atoms with Gasteiger partial charge in [0.25, 0.3) is 0 Å². The fraction of sp³-hybridized carbons (Fsp3) is 0.273. The van der Waals surface area contributed by atoms with Gasteiger partial charge in [0.15, 0.2) is 5.82 Å². The van der Waals surface area contributed by atoms with Crippen LogP contribution in [0.5, 0.6) is 11.5 Å². The molecule has 0 saturated carbocycles. The molecule has 17 heavy (non-hydrogen) atoms. The van der Waals surface area contributed by atoms with Crippen molar-refractivity contribution < 1.29 is 14.7 Å². The molecular weight excluding hydrogens is 222 g/mol. The second-order valence-electron chi connectivity index (χ2n) is 3.65. The molecule has 0 unspecified atom stereocenters. The number of rotatable bonds is 4. The van der Waals surface area contributed by atoms with Crippen molar-refractivity contribution in [1.29, 1.82) is 0 Å². The van der Waals surface area contributed by atoms with E-state index in [0.717, 1.165) is 0 Å². The van der Waals surface area contributed by atoms with Crippen molar-refractivity contribution in [2.75, 3.05) is 0 Å². The van der Waals surface area contributed by atoms with Crippen molar-refractivity contribution in [1.82, 2.24) is 15.5 Å². The zero-order valence-corrected chi connectivity index (χ0v) is 9.34. The summed E-state index contributed by atoms with van der Waals surface area (Å²) >= 11 is 0. The Bertz CT molecular complexity index is 510. The zero-order valence-electron chi connectivity index (χ0n) is 9.34. The Labute approximate surface area is 97.9 Å². The number of aromatic hydroxyl groups is 2. The average Bonchev–Trinajstić information content (AvgIpc) is 2.68. The Morgan fingerprint density at radius 2 is 2.12 bits per heavy atom. The lowest BCUT2D eigenvalue weighted by molar-refractivity contribution is 0.385. The van der Waals surface area contributed by atoms with Gasteiger partial charge in [-0.3, -0.25) is 0 Å². The van der Waals surface area contributed by atoms with Crippen molar-refractivity contribution in [3.63, 3.8) is 0 Å². The first-order chi connectivity index (χ1) is 8.15. The Morgan fingerprint density at radius 1 is 1.29 bits per heavy atom. The van der Waals surface area contributed by atoms with Crippen molar-refractivity contribution in [2.24, 2.45) is 0 Å². The molecule has 3 N–H and O–H groups in total. The van der Waals surface area contributed by atoms with E-state index in [1.54, 1.807) is 13.0 Å². The van der Waals surface area contributed by atoms with Gasteiger partial charge in [-0.1, -0.05) is 11.2 Å². The largest absolute Gasteiger partial charge is 0.508 e. The number of aryl methyl sites for hydroxylation is 1. The van der Waals surface area contributed by atoms with E-state index in [9.17, 15) is 5.11 Å². The van der Waals surface area contributed by atoms with E-state index in [-0.39, 0.29) is 11.5 Å². The van der Waals surface area contributed by atoms with Crippen LogP contribution in [0.1, 0.15) is 17.3 Å². The van der Waals surface area contributed by atoms with Gasteiger partial charge in [0, 0.05) is 25.1 Å². The summed E-state index contributed by atoms with van der Waals surface area (Å²) in [4.78, 5) is 4.04. The summed E-state index contributed by atoms with van der Waals surface area (Å²) in [6.07, 6.45) is 0. The van der Waals surface area contributed by atoms with Crippen molar-refractivity contribution in [2.45, 2.75) is 20.0 Å². The highest BCUT2D eigenvalue weighted by molar-refractivity contribution is 5.38. The molecule has 0 atom stereocenters. The minimum Gasteiger partial charge on any atom is -0.508 e. The molecule has 0 aliphatic rings. The van der Waals surface area contributed by atoms with E-state index >= 15 is 0 Å². The molecule has 0 aliphatic heterocycles. The van der Waals surface area contributed by atoms with Gasteiger partial charge >= 0.3 is 0 Å². The van der Waals surface area contributed by atoms with Gasteiger partial charge in [-0.2, -0.15) is 4.98 Å². The van der Waals surface area contributed by atoms with Crippen LogP contribution in [0.3, 0.4) is 0 Å². The molecule has 1 aromatic carbocycles. The second-order valence-corrected chi connectivity index (χ2v) is 3.65. The van der Waals surface area contributed by atoms with Gasteiger partial charge in [0.05, 0.1) is 6.54 Å². The molecule has 0 bridgehead atoms. The molecule has 0 saturated heterocycles. The number of hydrogen-bond donors (Lipinski definition) is 3. The SMILES string of the molecule is Cc1nc(CNCc2ccc(O)cc2O)no1. The third kappa shape index (κ3) is 2.94. The molecular formula is C11H13N3O3. The molecule has 0 aliphatic carbocycles. The molecule has 1 heterocycles. The molecule has 6 heteroatoms. The lowest BCUT2D eigenvalue weighted by Crippen LogP contribution is -2.13. The first-order valence-electron chi connectivity index (χ1n) is 5.16. The Balaban J connectivity index is 1.90. The monoisotopic (exact) mass is 235 g/mol. The fourth-order valence-electron chi connectivity index (χ4n) is 1.42. The van der Waals surface area contributed by atoms with E-state index in [1.807, 2.05) is 0 Å². The lowest BCUT2D eigenvalue weighted by Gasteiger charge is -2.05. The van der Waals surface area contributed by atoms with E-state index < -0.39 is 0 Å². The van der Waals surface area contributed by atoms with Gasteiger partial charge in [-0.05, 0) is 6.07 Å². The molecule has 2 aromatic rings. The molecule has 90 valence electrons. The van der Waals surface area contributed by atoms with E-state index in [1.165, 1.54) is 12.1 Å². The maximum atomic E-state index is 9.54. The molecule has 0 radical (unpaired) electrons. The number of benzene rings is 1. The summed E-state index contributed by atoms with van der Waals surface area (Å²) in [6, 6.07) is 4.48. The van der Waals surface area contributed by atoms with Crippen LogP contribution in [0.15, 0.2) is 22.7 Å².